The fraction of sp³-hybridized carbons (Fsp3) is 0.350. The number of Topliss-reactive ketones (excluding diaryl/α,β-unsaturated/α-hetero) is 1. The van der Waals surface area contributed by atoms with Gasteiger partial charge in [-0.3, -0.25) is 9.78 Å². The molecule has 4 heteroatoms. The van der Waals surface area contributed by atoms with Crippen molar-refractivity contribution in [3.63, 3.8) is 0 Å². The summed E-state index contributed by atoms with van der Waals surface area (Å²) in [4.78, 5) is 21.8. The van der Waals surface area contributed by atoms with Gasteiger partial charge in [-0.2, -0.15) is 0 Å². The Hall–Kier alpha value is -1.81. The molecule has 1 aromatic heterocycles. The molecule has 0 N–H and O–H groups in total. The van der Waals surface area contributed by atoms with Gasteiger partial charge >= 0.3 is 0 Å². The Bertz CT molecular complexity index is 685. The minimum absolute atomic E-state index is 0. The number of nitrogens with zero attached hydrogens (tertiary/aromatic N) is 2. The van der Waals surface area contributed by atoms with Crippen LogP contribution in [0, 0.1) is 12.3 Å². The molecule has 0 aliphatic heterocycles. The number of aromatic nitrogens is 2. The van der Waals surface area contributed by atoms with Crippen LogP contribution in [0.2, 0.25) is 0 Å². The SMILES string of the molecule is C.C=C/C=C(\C=C)CC(C)(C)C(=O)/C(=C/C)c1nc(Br)cnc1C. The summed E-state index contributed by atoms with van der Waals surface area (Å²) in [6, 6.07) is 0. The molecule has 3 nitrogen and oxygen atoms in total. The van der Waals surface area contributed by atoms with Crippen molar-refractivity contribution < 1.29 is 4.79 Å². The van der Waals surface area contributed by atoms with Gasteiger partial charge in [0.05, 0.1) is 17.6 Å². The molecule has 0 bridgehead atoms. The second kappa shape index (κ2) is 9.48. The van der Waals surface area contributed by atoms with Gasteiger partial charge in [-0.25, -0.2) is 4.98 Å². The maximum Gasteiger partial charge on any atom is 0.170 e. The monoisotopic (exact) mass is 390 g/mol. The zero-order valence-corrected chi connectivity index (χ0v) is 15.8. The van der Waals surface area contributed by atoms with Crippen molar-refractivity contribution in [3.05, 3.63) is 65.2 Å². The topological polar surface area (TPSA) is 42.9 Å². The Labute approximate surface area is 154 Å². The number of allylic oxidation sites excluding steroid dienone is 6. The van der Waals surface area contributed by atoms with Gasteiger partial charge < -0.3 is 0 Å². The number of aryl methyl sites for hydroxylation is 1. The lowest BCUT2D eigenvalue weighted by Crippen LogP contribution is -2.26. The summed E-state index contributed by atoms with van der Waals surface area (Å²) in [5.74, 6) is 0.0345. The minimum atomic E-state index is -0.582. The van der Waals surface area contributed by atoms with Crippen LogP contribution in [0.1, 0.15) is 46.0 Å². The molecule has 1 rings (SSSR count). The molecular formula is C20H27BrN2O. The third-order valence-electron chi connectivity index (χ3n) is 3.57. The Kier molecular flexibility index (Phi) is 8.76. The lowest BCUT2D eigenvalue weighted by Gasteiger charge is -2.25. The molecule has 1 aromatic rings. The molecule has 0 aromatic carbocycles. The Morgan fingerprint density at radius 3 is 2.50 bits per heavy atom. The normalized spacial score (nSPS) is 12.4. The molecule has 1 heterocycles. The van der Waals surface area contributed by atoms with Crippen LogP contribution < -0.4 is 0 Å². The van der Waals surface area contributed by atoms with Crippen LogP contribution in [0.25, 0.3) is 5.57 Å². The van der Waals surface area contributed by atoms with Crippen LogP contribution in [0.3, 0.4) is 0 Å². The highest BCUT2D eigenvalue weighted by molar-refractivity contribution is 9.10. The summed E-state index contributed by atoms with van der Waals surface area (Å²) >= 11 is 3.32. The predicted molar refractivity (Wildman–Crippen MR) is 107 cm³/mol. The van der Waals surface area contributed by atoms with Crippen LogP contribution in [-0.4, -0.2) is 15.8 Å². The molecule has 0 unspecified atom stereocenters. The van der Waals surface area contributed by atoms with E-state index in [1.807, 2.05) is 33.8 Å². The van der Waals surface area contributed by atoms with Gasteiger partial charge in [-0.15, -0.1) is 0 Å². The summed E-state index contributed by atoms with van der Waals surface area (Å²) in [6.07, 6.45) is 9.36. The molecule has 0 saturated carbocycles. The van der Waals surface area contributed by atoms with Gasteiger partial charge in [0.1, 0.15) is 4.60 Å². The van der Waals surface area contributed by atoms with E-state index in [-0.39, 0.29) is 13.2 Å². The molecule has 0 saturated heterocycles. The van der Waals surface area contributed by atoms with Crippen LogP contribution >= 0.6 is 15.9 Å². The number of ketones is 1. The lowest BCUT2D eigenvalue weighted by molar-refractivity contribution is -0.121. The molecule has 0 fully saturated rings. The van der Waals surface area contributed by atoms with E-state index in [2.05, 4.69) is 39.1 Å². The molecule has 0 aliphatic carbocycles. The number of hydrogen-bond donors (Lipinski definition) is 0. The molecule has 130 valence electrons. The first kappa shape index (κ1) is 22.2. The lowest BCUT2D eigenvalue weighted by atomic mass is 9.77. The maximum absolute atomic E-state index is 13.1. The van der Waals surface area contributed by atoms with E-state index in [9.17, 15) is 4.79 Å². The van der Waals surface area contributed by atoms with E-state index >= 15 is 0 Å². The number of halogens is 1. The second-order valence-electron chi connectivity index (χ2n) is 5.90. The summed E-state index contributed by atoms with van der Waals surface area (Å²) in [7, 11) is 0. The first-order valence-electron chi connectivity index (χ1n) is 7.41. The van der Waals surface area contributed by atoms with Gasteiger partial charge in [-0.1, -0.05) is 58.7 Å². The van der Waals surface area contributed by atoms with Gasteiger partial charge in [0.15, 0.2) is 5.78 Å². The summed E-state index contributed by atoms with van der Waals surface area (Å²) in [6.45, 7) is 15.1. The third kappa shape index (κ3) is 5.38. The van der Waals surface area contributed by atoms with E-state index < -0.39 is 5.41 Å². The Morgan fingerprint density at radius 2 is 2.00 bits per heavy atom. The first-order chi connectivity index (χ1) is 10.8. The summed E-state index contributed by atoms with van der Waals surface area (Å²) in [5, 5.41) is 0. The van der Waals surface area contributed by atoms with Crippen LogP contribution in [0.5, 0.6) is 0 Å². The summed E-state index contributed by atoms with van der Waals surface area (Å²) in [5.41, 5.74) is 2.33. The standard InChI is InChI=1S/C19H23BrN2O.CH4/c1-7-10-14(8-2)11-19(5,6)18(23)15(9-3)17-13(4)21-12-16(20)22-17;/h7-10,12H,1-2,11H2,3-6H3;1H4/b14-10+,15-9+;. The summed E-state index contributed by atoms with van der Waals surface area (Å²) < 4.78 is 0.612. The van der Waals surface area contributed by atoms with Crippen molar-refractivity contribution in [1.29, 1.82) is 0 Å². The van der Waals surface area contributed by atoms with E-state index in [0.717, 1.165) is 11.3 Å². The molecular weight excluding hydrogens is 364 g/mol. The molecule has 24 heavy (non-hydrogen) atoms. The fourth-order valence-corrected chi connectivity index (χ4v) is 2.64. The van der Waals surface area contributed by atoms with Crippen LogP contribution in [-0.2, 0) is 4.79 Å². The fourth-order valence-electron chi connectivity index (χ4n) is 2.36. The average molecular weight is 391 g/mol. The maximum atomic E-state index is 13.1. The van der Waals surface area contributed by atoms with Gasteiger partial charge in [0.25, 0.3) is 0 Å². The van der Waals surface area contributed by atoms with E-state index in [0.29, 0.717) is 22.3 Å². The zero-order valence-electron chi connectivity index (χ0n) is 14.2. The molecule has 0 aliphatic rings. The van der Waals surface area contributed by atoms with Crippen LogP contribution in [0.15, 0.2) is 53.8 Å². The Morgan fingerprint density at radius 1 is 1.38 bits per heavy atom. The highest BCUT2D eigenvalue weighted by atomic mass is 79.9. The van der Waals surface area contributed by atoms with Crippen molar-refractivity contribution in [1.82, 2.24) is 9.97 Å². The predicted octanol–water partition coefficient (Wildman–Crippen LogP) is 5.87. The molecule has 0 amide bonds. The smallest absolute Gasteiger partial charge is 0.170 e. The first-order valence-corrected chi connectivity index (χ1v) is 8.20. The van der Waals surface area contributed by atoms with E-state index in [1.54, 1.807) is 24.4 Å². The van der Waals surface area contributed by atoms with E-state index in [1.165, 1.54) is 0 Å². The number of hydrogen-bond acceptors (Lipinski definition) is 3. The highest BCUT2D eigenvalue weighted by Gasteiger charge is 2.32. The largest absolute Gasteiger partial charge is 0.293 e. The average Bonchev–Trinajstić information content (AvgIpc) is 2.50. The van der Waals surface area contributed by atoms with Gasteiger partial charge in [0, 0.05) is 11.0 Å². The number of carbonyl (C=O) groups excluding carboxylic acids is 1. The number of carbonyl (C=O) groups is 1. The van der Waals surface area contributed by atoms with Crippen molar-refractivity contribution in [2.24, 2.45) is 5.41 Å². The second-order valence-corrected chi connectivity index (χ2v) is 6.71. The zero-order chi connectivity index (χ0) is 17.6. The van der Waals surface area contributed by atoms with Crippen LogP contribution in [0.4, 0.5) is 0 Å². The minimum Gasteiger partial charge on any atom is -0.293 e. The quantitative estimate of drug-likeness (QED) is 0.431. The number of rotatable bonds is 7. The molecule has 0 radical (unpaired) electrons. The highest BCUT2D eigenvalue weighted by Crippen LogP contribution is 2.33. The van der Waals surface area contributed by atoms with Gasteiger partial charge in [0.2, 0.25) is 0 Å². The molecule has 0 spiro atoms. The molecule has 0 atom stereocenters. The van der Waals surface area contributed by atoms with Crippen molar-refractivity contribution >= 4 is 27.3 Å². The third-order valence-corrected chi connectivity index (χ3v) is 3.95. The van der Waals surface area contributed by atoms with Gasteiger partial charge in [-0.05, 0) is 41.8 Å². The van der Waals surface area contributed by atoms with Crippen molar-refractivity contribution in [2.45, 2.75) is 41.5 Å². The van der Waals surface area contributed by atoms with E-state index in [4.69, 9.17) is 0 Å². The van der Waals surface area contributed by atoms with Crippen molar-refractivity contribution in [2.75, 3.05) is 0 Å². The van der Waals surface area contributed by atoms with Crippen molar-refractivity contribution in [3.8, 4) is 0 Å². The Balaban J connectivity index is 0.00000529.